The van der Waals surface area contributed by atoms with Crippen LogP contribution in [-0.4, -0.2) is 39.2 Å². The van der Waals surface area contributed by atoms with Crippen molar-refractivity contribution in [2.45, 2.75) is 25.4 Å². The molecule has 6 nitrogen and oxygen atoms in total. The first-order valence-electron chi connectivity index (χ1n) is 8.69. The van der Waals surface area contributed by atoms with Gasteiger partial charge in [-0.05, 0) is 30.2 Å². The normalized spacial score (nSPS) is 23.1. The molecule has 1 aromatic carbocycles. The summed E-state index contributed by atoms with van der Waals surface area (Å²) in [5.74, 6) is -0.355. The lowest BCUT2D eigenvalue weighted by Gasteiger charge is -2.50. The summed E-state index contributed by atoms with van der Waals surface area (Å²) in [6, 6.07) is 13.3. The molecule has 1 aromatic heterocycles. The highest BCUT2D eigenvalue weighted by Crippen LogP contribution is 2.38. The molecule has 2 aliphatic rings. The number of pyridine rings is 1. The Hall–Kier alpha value is -3.46. The van der Waals surface area contributed by atoms with Crippen molar-refractivity contribution >= 4 is 17.9 Å². The van der Waals surface area contributed by atoms with Crippen LogP contribution in [0.4, 0.5) is 0 Å². The van der Waals surface area contributed by atoms with Crippen LogP contribution in [-0.2, 0) is 22.6 Å². The van der Waals surface area contributed by atoms with E-state index in [4.69, 9.17) is 0 Å². The zero-order valence-corrected chi connectivity index (χ0v) is 15.1. The third kappa shape index (κ3) is 2.51. The van der Waals surface area contributed by atoms with E-state index in [-0.39, 0.29) is 23.2 Å². The molecule has 2 aromatic rings. The smallest absolute Gasteiger partial charge is 0.271 e. The molecule has 0 aliphatic carbocycles. The van der Waals surface area contributed by atoms with Crippen LogP contribution < -0.4 is 0 Å². The van der Waals surface area contributed by atoms with Gasteiger partial charge in [-0.1, -0.05) is 30.3 Å². The molecule has 0 radical (unpaired) electrons. The number of nitrogens with zero attached hydrogens (tertiary/aromatic N) is 4. The van der Waals surface area contributed by atoms with Crippen molar-refractivity contribution in [1.82, 2.24) is 14.8 Å². The molecule has 2 amide bonds. The molecule has 2 aliphatic heterocycles. The Morgan fingerprint density at radius 3 is 2.67 bits per heavy atom. The SMILES string of the molecule is CN1C(=O)C2(C)Cc3ccccc3CN2C(=O)/C1=C/c1cccnc1C#N. The largest absolute Gasteiger partial charge is 0.318 e. The van der Waals surface area contributed by atoms with E-state index < -0.39 is 5.54 Å². The van der Waals surface area contributed by atoms with Gasteiger partial charge in [-0.2, -0.15) is 5.26 Å². The molecule has 0 saturated carbocycles. The average molecular weight is 358 g/mol. The predicted molar refractivity (Wildman–Crippen MR) is 98.8 cm³/mol. The number of hydrogen-bond donors (Lipinski definition) is 0. The van der Waals surface area contributed by atoms with Gasteiger partial charge >= 0.3 is 0 Å². The second-order valence-corrected chi connectivity index (χ2v) is 7.06. The lowest BCUT2D eigenvalue weighted by molar-refractivity contribution is -0.159. The van der Waals surface area contributed by atoms with Crippen molar-refractivity contribution in [2.75, 3.05) is 7.05 Å². The van der Waals surface area contributed by atoms with Gasteiger partial charge in [0.05, 0.1) is 0 Å². The van der Waals surface area contributed by atoms with Crippen LogP contribution in [0.5, 0.6) is 0 Å². The van der Waals surface area contributed by atoms with Crippen LogP contribution in [0.1, 0.15) is 29.3 Å². The van der Waals surface area contributed by atoms with Crippen molar-refractivity contribution in [3.05, 3.63) is 70.7 Å². The van der Waals surface area contributed by atoms with Crippen LogP contribution in [0.15, 0.2) is 48.3 Å². The van der Waals surface area contributed by atoms with E-state index in [0.717, 1.165) is 11.1 Å². The second kappa shape index (κ2) is 6.06. The van der Waals surface area contributed by atoms with Gasteiger partial charge in [-0.25, -0.2) is 4.98 Å². The molecular weight excluding hydrogens is 340 g/mol. The predicted octanol–water partition coefficient (Wildman–Crippen LogP) is 2.11. The van der Waals surface area contributed by atoms with Crippen LogP contribution in [0.25, 0.3) is 6.08 Å². The fourth-order valence-corrected chi connectivity index (χ4v) is 3.87. The van der Waals surface area contributed by atoms with Crippen LogP contribution in [0, 0.1) is 11.3 Å². The van der Waals surface area contributed by atoms with Crippen molar-refractivity contribution < 1.29 is 9.59 Å². The highest BCUT2D eigenvalue weighted by atomic mass is 16.2. The minimum atomic E-state index is -0.912. The number of benzene rings is 1. The van der Waals surface area contributed by atoms with E-state index in [1.54, 1.807) is 30.2 Å². The van der Waals surface area contributed by atoms with Gasteiger partial charge in [-0.15, -0.1) is 0 Å². The molecular formula is C21H18N4O2. The van der Waals surface area contributed by atoms with Crippen molar-refractivity contribution in [3.8, 4) is 6.07 Å². The number of carbonyl (C=O) groups excluding carboxylic acids is 2. The molecule has 1 saturated heterocycles. The van der Waals surface area contributed by atoms with E-state index >= 15 is 0 Å². The maximum Gasteiger partial charge on any atom is 0.271 e. The van der Waals surface area contributed by atoms with E-state index in [1.165, 1.54) is 11.1 Å². The summed E-state index contributed by atoms with van der Waals surface area (Å²) in [6.45, 7) is 2.21. The molecule has 27 heavy (non-hydrogen) atoms. The summed E-state index contributed by atoms with van der Waals surface area (Å²) in [5.41, 5.74) is 2.22. The number of piperazine rings is 1. The Balaban J connectivity index is 1.81. The molecule has 4 rings (SSSR count). The molecule has 0 bridgehead atoms. The topological polar surface area (TPSA) is 77.3 Å². The first kappa shape index (κ1) is 17.0. The fourth-order valence-electron chi connectivity index (χ4n) is 3.87. The highest BCUT2D eigenvalue weighted by Gasteiger charge is 2.52. The molecule has 6 heteroatoms. The van der Waals surface area contributed by atoms with Gasteiger partial charge in [0.1, 0.15) is 23.0 Å². The van der Waals surface area contributed by atoms with Gasteiger partial charge in [0.2, 0.25) is 0 Å². The van der Waals surface area contributed by atoms with Gasteiger partial charge in [0.15, 0.2) is 0 Å². The van der Waals surface area contributed by atoms with E-state index in [2.05, 4.69) is 4.98 Å². The summed E-state index contributed by atoms with van der Waals surface area (Å²) >= 11 is 0. The molecule has 0 spiro atoms. The zero-order valence-electron chi connectivity index (χ0n) is 15.1. The molecule has 134 valence electrons. The molecule has 1 unspecified atom stereocenters. The lowest BCUT2D eigenvalue weighted by Crippen LogP contribution is -2.66. The maximum absolute atomic E-state index is 13.3. The van der Waals surface area contributed by atoms with Gasteiger partial charge in [0, 0.05) is 31.8 Å². The summed E-state index contributed by atoms with van der Waals surface area (Å²) in [5, 5.41) is 9.25. The van der Waals surface area contributed by atoms with Crippen molar-refractivity contribution in [3.63, 3.8) is 0 Å². The summed E-state index contributed by atoms with van der Waals surface area (Å²) in [6.07, 6.45) is 3.59. The third-order valence-corrected chi connectivity index (χ3v) is 5.41. The third-order valence-electron chi connectivity index (χ3n) is 5.41. The van der Waals surface area contributed by atoms with Crippen LogP contribution >= 0.6 is 0 Å². The van der Waals surface area contributed by atoms with Crippen LogP contribution in [0.3, 0.4) is 0 Å². The monoisotopic (exact) mass is 358 g/mol. The van der Waals surface area contributed by atoms with E-state index in [1.807, 2.05) is 37.3 Å². The number of likely N-dealkylation sites (N-methyl/N-ethyl adjacent to an activating group) is 1. The first-order chi connectivity index (χ1) is 13.0. The number of fused-ring (bicyclic) bond motifs is 2. The Morgan fingerprint density at radius 1 is 1.19 bits per heavy atom. The highest BCUT2D eigenvalue weighted by molar-refractivity contribution is 6.09. The van der Waals surface area contributed by atoms with Crippen LogP contribution in [0.2, 0.25) is 0 Å². The number of amides is 2. The Labute approximate surface area is 157 Å². The van der Waals surface area contributed by atoms with Crippen molar-refractivity contribution in [2.24, 2.45) is 0 Å². The number of carbonyl (C=O) groups is 2. The first-order valence-corrected chi connectivity index (χ1v) is 8.69. The summed E-state index contributed by atoms with van der Waals surface area (Å²) < 4.78 is 0. The quantitative estimate of drug-likeness (QED) is 0.732. The fraction of sp³-hybridized carbons (Fsp3) is 0.238. The number of hydrogen-bond acceptors (Lipinski definition) is 4. The number of rotatable bonds is 1. The summed E-state index contributed by atoms with van der Waals surface area (Å²) in [4.78, 5) is 33.6. The minimum Gasteiger partial charge on any atom is -0.318 e. The van der Waals surface area contributed by atoms with E-state index in [0.29, 0.717) is 18.5 Å². The van der Waals surface area contributed by atoms with Crippen molar-refractivity contribution in [1.29, 1.82) is 5.26 Å². The van der Waals surface area contributed by atoms with E-state index in [9.17, 15) is 14.9 Å². The summed E-state index contributed by atoms with van der Waals surface area (Å²) in [7, 11) is 1.61. The standard InChI is InChI=1S/C21H18N4O2/c1-21-11-15-6-3-4-7-16(15)13-25(21)19(26)18(24(2)20(21)27)10-14-8-5-9-23-17(14)12-22/h3-10H,11,13H2,1-2H3/b18-10-. The molecule has 0 N–H and O–H groups in total. The van der Waals surface area contributed by atoms with Gasteiger partial charge in [0.25, 0.3) is 11.8 Å². The molecule has 3 heterocycles. The maximum atomic E-state index is 13.3. The number of aromatic nitrogens is 1. The molecule has 1 atom stereocenters. The zero-order chi connectivity index (χ0) is 19.2. The Kier molecular flexibility index (Phi) is 3.81. The van der Waals surface area contributed by atoms with Gasteiger partial charge in [-0.3, -0.25) is 9.59 Å². The Bertz CT molecular complexity index is 1040. The Morgan fingerprint density at radius 2 is 1.93 bits per heavy atom. The number of nitriles is 1. The average Bonchev–Trinajstić information content (AvgIpc) is 2.69. The molecule has 1 fully saturated rings. The lowest BCUT2D eigenvalue weighted by atomic mass is 9.81. The minimum absolute atomic E-state index is 0.134. The van der Waals surface area contributed by atoms with Gasteiger partial charge < -0.3 is 9.80 Å². The second-order valence-electron chi connectivity index (χ2n) is 7.06.